The van der Waals surface area contributed by atoms with Gasteiger partial charge in [-0.3, -0.25) is 5.10 Å². The van der Waals surface area contributed by atoms with Gasteiger partial charge in [-0.05, 0) is 18.2 Å². The number of H-pyrrole nitrogens is 2. The van der Waals surface area contributed by atoms with E-state index < -0.39 is 0 Å². The molecule has 0 saturated carbocycles. The van der Waals surface area contributed by atoms with E-state index in [4.69, 9.17) is 9.47 Å². The monoisotopic (exact) mass is 278 g/mol. The maximum Gasteiger partial charge on any atom is 0.231 e. The van der Waals surface area contributed by atoms with E-state index in [2.05, 4.69) is 20.2 Å². The number of hydrogen-bond acceptors (Lipinski definition) is 4. The van der Waals surface area contributed by atoms with E-state index in [0.29, 0.717) is 0 Å². The van der Waals surface area contributed by atoms with Crippen LogP contribution in [0.15, 0.2) is 36.4 Å². The van der Waals surface area contributed by atoms with E-state index in [0.717, 1.165) is 45.0 Å². The third-order valence-corrected chi connectivity index (χ3v) is 3.67. The first-order chi connectivity index (χ1) is 10.4. The third-order valence-electron chi connectivity index (χ3n) is 3.67. The predicted octanol–water partition coefficient (Wildman–Crippen LogP) is 2.83. The molecule has 2 aromatic heterocycles. The average molecular weight is 278 g/mol. The second-order valence-corrected chi connectivity index (χ2v) is 4.93. The molecule has 0 radical (unpaired) electrons. The van der Waals surface area contributed by atoms with Gasteiger partial charge in [0.2, 0.25) is 6.79 Å². The summed E-state index contributed by atoms with van der Waals surface area (Å²) in [5.41, 5.74) is 3.59. The molecular weight excluding hydrogens is 268 g/mol. The van der Waals surface area contributed by atoms with Crippen LogP contribution in [0, 0.1) is 0 Å². The molecule has 102 valence electrons. The minimum Gasteiger partial charge on any atom is -0.454 e. The molecule has 5 rings (SSSR count). The molecule has 0 saturated heterocycles. The second-order valence-electron chi connectivity index (χ2n) is 4.93. The maximum atomic E-state index is 5.43. The van der Waals surface area contributed by atoms with Crippen molar-refractivity contribution in [1.82, 2.24) is 20.2 Å². The quantitative estimate of drug-likeness (QED) is 0.561. The highest BCUT2D eigenvalue weighted by molar-refractivity contribution is 5.95. The molecule has 6 heteroatoms. The summed E-state index contributed by atoms with van der Waals surface area (Å²) in [5, 5.41) is 8.34. The van der Waals surface area contributed by atoms with Gasteiger partial charge >= 0.3 is 0 Å². The molecule has 1 aliphatic rings. The molecule has 0 bridgehead atoms. The highest BCUT2D eigenvalue weighted by Gasteiger charge is 2.19. The number of para-hydroxylation sites is 2. The average Bonchev–Trinajstić information content (AvgIpc) is 3.21. The molecule has 0 fully saturated rings. The van der Waals surface area contributed by atoms with Crippen LogP contribution in [0.3, 0.4) is 0 Å². The lowest BCUT2D eigenvalue weighted by atomic mass is 10.2. The number of fused-ring (bicyclic) bond motifs is 3. The summed E-state index contributed by atoms with van der Waals surface area (Å²) < 4.78 is 10.8. The van der Waals surface area contributed by atoms with Gasteiger partial charge in [-0.1, -0.05) is 12.1 Å². The van der Waals surface area contributed by atoms with Crippen LogP contribution in [0.1, 0.15) is 0 Å². The lowest BCUT2D eigenvalue weighted by Gasteiger charge is -1.96. The fourth-order valence-electron chi connectivity index (χ4n) is 2.65. The zero-order valence-corrected chi connectivity index (χ0v) is 10.9. The first-order valence-electron chi connectivity index (χ1n) is 6.61. The van der Waals surface area contributed by atoms with Gasteiger partial charge in [0.05, 0.1) is 16.6 Å². The molecule has 2 N–H and O–H groups in total. The van der Waals surface area contributed by atoms with Crippen LogP contribution >= 0.6 is 0 Å². The Balaban J connectivity index is 1.76. The minimum absolute atomic E-state index is 0.259. The van der Waals surface area contributed by atoms with Crippen LogP contribution in [0.4, 0.5) is 0 Å². The van der Waals surface area contributed by atoms with E-state index in [1.165, 1.54) is 0 Å². The van der Waals surface area contributed by atoms with Gasteiger partial charge in [0.1, 0.15) is 5.69 Å². The highest BCUT2D eigenvalue weighted by Crippen LogP contribution is 2.38. The zero-order valence-electron chi connectivity index (χ0n) is 10.9. The molecule has 0 amide bonds. The Morgan fingerprint density at radius 1 is 1.00 bits per heavy atom. The largest absolute Gasteiger partial charge is 0.454 e. The smallest absolute Gasteiger partial charge is 0.231 e. The van der Waals surface area contributed by atoms with Crippen LogP contribution in [-0.4, -0.2) is 27.0 Å². The number of nitrogens with one attached hydrogen (secondary N) is 2. The Labute approximate surface area is 118 Å². The number of rotatable bonds is 1. The number of nitrogens with zero attached hydrogens (tertiary/aromatic N) is 2. The van der Waals surface area contributed by atoms with Gasteiger partial charge in [-0.25, -0.2) is 4.98 Å². The van der Waals surface area contributed by atoms with Crippen molar-refractivity contribution in [3.63, 3.8) is 0 Å². The normalized spacial score (nSPS) is 13.3. The minimum atomic E-state index is 0.259. The van der Waals surface area contributed by atoms with Gasteiger partial charge in [-0.15, -0.1) is 0 Å². The number of aromatic amines is 2. The predicted molar refractivity (Wildman–Crippen MR) is 77.3 cm³/mol. The Hall–Kier alpha value is -3.02. The van der Waals surface area contributed by atoms with Gasteiger partial charge in [0.25, 0.3) is 0 Å². The van der Waals surface area contributed by atoms with Crippen molar-refractivity contribution in [3.05, 3.63) is 36.4 Å². The SMILES string of the molecule is c1ccc2[nH]c(-c3n[nH]c4cc5c(cc34)OCO5)nc2c1. The van der Waals surface area contributed by atoms with E-state index in [1.54, 1.807) is 0 Å². The van der Waals surface area contributed by atoms with Crippen molar-refractivity contribution in [2.45, 2.75) is 0 Å². The number of aromatic nitrogens is 4. The van der Waals surface area contributed by atoms with Crippen LogP contribution in [0.5, 0.6) is 11.5 Å². The summed E-state index contributed by atoms with van der Waals surface area (Å²) in [6, 6.07) is 11.7. The Morgan fingerprint density at radius 2 is 1.86 bits per heavy atom. The van der Waals surface area contributed by atoms with Crippen molar-refractivity contribution in [2.75, 3.05) is 6.79 Å². The van der Waals surface area contributed by atoms with Crippen LogP contribution in [0.2, 0.25) is 0 Å². The van der Waals surface area contributed by atoms with Gasteiger partial charge in [0, 0.05) is 11.5 Å². The second kappa shape index (κ2) is 3.76. The maximum absolute atomic E-state index is 5.43. The Bertz CT molecular complexity index is 953. The van der Waals surface area contributed by atoms with E-state index in [1.807, 2.05) is 36.4 Å². The number of imidazole rings is 1. The van der Waals surface area contributed by atoms with Crippen LogP contribution in [0.25, 0.3) is 33.5 Å². The van der Waals surface area contributed by atoms with Crippen molar-refractivity contribution in [3.8, 4) is 23.0 Å². The summed E-state index contributed by atoms with van der Waals surface area (Å²) in [6.45, 7) is 0.259. The summed E-state index contributed by atoms with van der Waals surface area (Å²) in [4.78, 5) is 7.88. The highest BCUT2D eigenvalue weighted by atomic mass is 16.7. The first kappa shape index (κ1) is 10.7. The molecule has 0 aliphatic carbocycles. The molecule has 3 heterocycles. The van der Waals surface area contributed by atoms with Crippen molar-refractivity contribution in [1.29, 1.82) is 0 Å². The summed E-state index contributed by atoms with van der Waals surface area (Å²) in [5.74, 6) is 2.21. The summed E-state index contributed by atoms with van der Waals surface area (Å²) in [7, 11) is 0. The third kappa shape index (κ3) is 1.47. The Kier molecular flexibility index (Phi) is 1.92. The van der Waals surface area contributed by atoms with Crippen molar-refractivity contribution in [2.24, 2.45) is 0 Å². The van der Waals surface area contributed by atoms with Crippen LogP contribution < -0.4 is 9.47 Å². The summed E-state index contributed by atoms with van der Waals surface area (Å²) >= 11 is 0. The topological polar surface area (TPSA) is 75.8 Å². The van der Waals surface area contributed by atoms with Crippen molar-refractivity contribution < 1.29 is 9.47 Å². The number of hydrogen-bond donors (Lipinski definition) is 2. The van der Waals surface area contributed by atoms with Gasteiger partial charge in [-0.2, -0.15) is 5.10 Å². The number of ether oxygens (including phenoxy) is 2. The molecule has 0 spiro atoms. The molecule has 1 aliphatic heterocycles. The zero-order chi connectivity index (χ0) is 13.8. The van der Waals surface area contributed by atoms with E-state index in [9.17, 15) is 0 Å². The van der Waals surface area contributed by atoms with E-state index >= 15 is 0 Å². The molecule has 0 atom stereocenters. The van der Waals surface area contributed by atoms with Gasteiger partial charge < -0.3 is 14.5 Å². The lowest BCUT2D eigenvalue weighted by molar-refractivity contribution is 0.174. The van der Waals surface area contributed by atoms with Crippen LogP contribution in [-0.2, 0) is 0 Å². The molecule has 2 aromatic carbocycles. The Morgan fingerprint density at radius 3 is 2.76 bits per heavy atom. The van der Waals surface area contributed by atoms with Crippen molar-refractivity contribution >= 4 is 21.9 Å². The first-order valence-corrected chi connectivity index (χ1v) is 6.61. The lowest BCUT2D eigenvalue weighted by Crippen LogP contribution is -1.92. The fraction of sp³-hybridized carbons (Fsp3) is 0.0667. The molecule has 0 unspecified atom stereocenters. The molecule has 4 aromatic rings. The molecule has 21 heavy (non-hydrogen) atoms. The number of benzene rings is 2. The molecular formula is C15H10N4O2. The molecule has 6 nitrogen and oxygen atoms in total. The van der Waals surface area contributed by atoms with Gasteiger partial charge in [0.15, 0.2) is 17.3 Å². The fourth-order valence-corrected chi connectivity index (χ4v) is 2.65. The van der Waals surface area contributed by atoms with E-state index in [-0.39, 0.29) is 6.79 Å². The summed E-state index contributed by atoms with van der Waals surface area (Å²) in [6.07, 6.45) is 0. The standard InChI is InChI=1S/C15H10N4O2/c1-2-4-10-9(3-1)16-15(17-10)14-8-5-12-13(21-7-20-12)6-11(8)18-19-14/h1-6H,7H2,(H,16,17)(H,18,19).